The van der Waals surface area contributed by atoms with Gasteiger partial charge in [-0.1, -0.05) is 25.3 Å². The molecule has 0 aromatic carbocycles. The summed E-state index contributed by atoms with van der Waals surface area (Å²) in [5.74, 6) is 0.628. The van der Waals surface area contributed by atoms with Crippen molar-refractivity contribution in [1.82, 2.24) is 0 Å². The van der Waals surface area contributed by atoms with Crippen LogP contribution in [0.4, 0.5) is 4.39 Å². The number of amidine groups is 1. The third kappa shape index (κ3) is 2.62. The number of hydrogen-bond donors (Lipinski definition) is 1. The summed E-state index contributed by atoms with van der Waals surface area (Å²) in [6.07, 6.45) is 2.70. The lowest BCUT2D eigenvalue weighted by atomic mass is 9.87. The molecule has 0 aromatic heterocycles. The number of nitrogens with two attached hydrogens (primary N) is 1. The van der Waals surface area contributed by atoms with Gasteiger partial charge in [-0.15, -0.1) is 0 Å². The molecule has 1 atom stereocenters. The van der Waals surface area contributed by atoms with E-state index in [4.69, 9.17) is 5.73 Å². The number of allylic oxidation sites excluding steroid dienone is 2. The highest BCUT2D eigenvalue weighted by atomic mass is 32.2. The molecule has 1 aliphatic heterocycles. The van der Waals surface area contributed by atoms with Crippen LogP contribution in [0.25, 0.3) is 0 Å². The van der Waals surface area contributed by atoms with Gasteiger partial charge in [0.1, 0.15) is 5.83 Å². The summed E-state index contributed by atoms with van der Waals surface area (Å²) < 4.78 is 13.6. The van der Waals surface area contributed by atoms with Crippen molar-refractivity contribution in [2.45, 2.75) is 32.2 Å². The SMILES string of the molecule is C=C/C(F)=C(\CC)C1(C)CCSC(N)=N1. The molecule has 1 unspecified atom stereocenters. The molecule has 0 radical (unpaired) electrons. The number of nitrogens with zero attached hydrogens (tertiary/aromatic N) is 1. The van der Waals surface area contributed by atoms with Gasteiger partial charge in [-0.05, 0) is 31.4 Å². The van der Waals surface area contributed by atoms with Crippen molar-refractivity contribution in [3.8, 4) is 0 Å². The van der Waals surface area contributed by atoms with Gasteiger partial charge in [-0.3, -0.25) is 4.99 Å². The van der Waals surface area contributed by atoms with Gasteiger partial charge < -0.3 is 5.73 Å². The molecule has 0 aliphatic carbocycles. The zero-order valence-corrected chi connectivity index (χ0v) is 10.0. The summed E-state index contributed by atoms with van der Waals surface area (Å²) in [5.41, 5.74) is 5.90. The first-order valence-corrected chi connectivity index (χ1v) is 6.01. The maximum atomic E-state index is 13.6. The van der Waals surface area contributed by atoms with Crippen LogP contribution < -0.4 is 5.73 Å². The summed E-state index contributed by atoms with van der Waals surface area (Å²) in [7, 11) is 0. The molecule has 0 amide bonds. The fraction of sp³-hybridized carbons (Fsp3) is 0.545. The van der Waals surface area contributed by atoms with Crippen LogP contribution in [-0.4, -0.2) is 16.5 Å². The third-order valence-corrected chi connectivity index (χ3v) is 3.46. The zero-order chi connectivity index (χ0) is 11.5. The summed E-state index contributed by atoms with van der Waals surface area (Å²) >= 11 is 1.52. The van der Waals surface area contributed by atoms with E-state index in [1.54, 1.807) is 0 Å². The second-order valence-corrected chi connectivity index (χ2v) is 4.82. The Morgan fingerprint density at radius 1 is 1.80 bits per heavy atom. The van der Waals surface area contributed by atoms with Gasteiger partial charge in [0, 0.05) is 5.75 Å². The van der Waals surface area contributed by atoms with E-state index in [-0.39, 0.29) is 5.83 Å². The van der Waals surface area contributed by atoms with Crippen LogP contribution in [0, 0.1) is 0 Å². The molecule has 0 aromatic rings. The first kappa shape index (κ1) is 12.3. The molecule has 0 fully saturated rings. The van der Waals surface area contributed by atoms with E-state index < -0.39 is 5.54 Å². The van der Waals surface area contributed by atoms with E-state index in [0.29, 0.717) is 17.2 Å². The fourth-order valence-electron chi connectivity index (χ4n) is 1.83. The van der Waals surface area contributed by atoms with Crippen molar-refractivity contribution in [3.05, 3.63) is 24.1 Å². The molecule has 84 valence electrons. The monoisotopic (exact) mass is 228 g/mol. The highest BCUT2D eigenvalue weighted by Gasteiger charge is 2.32. The van der Waals surface area contributed by atoms with Crippen LogP contribution in [0.1, 0.15) is 26.7 Å². The van der Waals surface area contributed by atoms with E-state index in [9.17, 15) is 4.39 Å². The average Bonchev–Trinajstić information content (AvgIpc) is 2.17. The Morgan fingerprint density at radius 3 is 2.93 bits per heavy atom. The topological polar surface area (TPSA) is 38.4 Å². The standard InChI is InChI=1S/C11H17FN2S/c1-4-8(9(12)5-2)11(3)6-7-15-10(13)14-11/h5H,2,4,6-7H2,1,3H3,(H2,13,14)/b9-8-. The van der Waals surface area contributed by atoms with Gasteiger partial charge >= 0.3 is 0 Å². The van der Waals surface area contributed by atoms with Gasteiger partial charge in [-0.2, -0.15) is 0 Å². The van der Waals surface area contributed by atoms with Gasteiger partial charge in [0.2, 0.25) is 0 Å². The lowest BCUT2D eigenvalue weighted by Crippen LogP contribution is -2.33. The molecule has 0 saturated carbocycles. The number of aliphatic imine (C=N–C) groups is 1. The maximum Gasteiger partial charge on any atom is 0.154 e. The molecule has 0 saturated heterocycles. The first-order chi connectivity index (χ1) is 7.03. The number of rotatable bonds is 3. The first-order valence-electron chi connectivity index (χ1n) is 5.03. The molecule has 1 heterocycles. The molecule has 1 rings (SSSR count). The van der Waals surface area contributed by atoms with Crippen LogP contribution in [0.2, 0.25) is 0 Å². The van der Waals surface area contributed by atoms with E-state index in [2.05, 4.69) is 11.6 Å². The molecule has 0 spiro atoms. The third-order valence-electron chi connectivity index (χ3n) is 2.67. The Kier molecular flexibility index (Phi) is 3.97. The van der Waals surface area contributed by atoms with Crippen LogP contribution in [0.3, 0.4) is 0 Å². The highest BCUT2D eigenvalue weighted by molar-refractivity contribution is 8.13. The average molecular weight is 228 g/mol. The number of halogens is 1. The minimum atomic E-state index is -0.484. The van der Waals surface area contributed by atoms with Gasteiger partial charge in [0.05, 0.1) is 5.54 Å². The summed E-state index contributed by atoms with van der Waals surface area (Å²) in [6.45, 7) is 7.32. The van der Waals surface area contributed by atoms with Crippen LogP contribution in [0.15, 0.2) is 29.0 Å². The maximum absolute atomic E-state index is 13.6. The summed E-state index contributed by atoms with van der Waals surface area (Å²) in [6, 6.07) is 0. The highest BCUT2D eigenvalue weighted by Crippen LogP contribution is 2.35. The van der Waals surface area contributed by atoms with Crippen molar-refractivity contribution < 1.29 is 4.39 Å². The van der Waals surface area contributed by atoms with Crippen LogP contribution in [0.5, 0.6) is 0 Å². The molecular formula is C11H17FN2S. The van der Waals surface area contributed by atoms with Gasteiger partial charge in [-0.25, -0.2) is 4.39 Å². The predicted octanol–water partition coefficient (Wildman–Crippen LogP) is 3.02. The molecule has 4 heteroatoms. The Balaban J connectivity index is 3.13. The van der Waals surface area contributed by atoms with E-state index in [0.717, 1.165) is 12.2 Å². The normalized spacial score (nSPS) is 28.1. The zero-order valence-electron chi connectivity index (χ0n) is 9.22. The molecule has 15 heavy (non-hydrogen) atoms. The van der Waals surface area contributed by atoms with Crippen molar-refractivity contribution in [3.63, 3.8) is 0 Å². The largest absolute Gasteiger partial charge is 0.379 e. The van der Waals surface area contributed by atoms with Crippen molar-refractivity contribution in [2.75, 3.05) is 5.75 Å². The molecule has 2 nitrogen and oxygen atoms in total. The molecule has 0 bridgehead atoms. The molecule has 2 N–H and O–H groups in total. The summed E-state index contributed by atoms with van der Waals surface area (Å²) in [4.78, 5) is 4.37. The van der Waals surface area contributed by atoms with E-state index in [1.165, 1.54) is 17.8 Å². The van der Waals surface area contributed by atoms with Crippen molar-refractivity contribution in [2.24, 2.45) is 10.7 Å². The minimum Gasteiger partial charge on any atom is -0.379 e. The van der Waals surface area contributed by atoms with Crippen molar-refractivity contribution in [1.29, 1.82) is 0 Å². The van der Waals surface area contributed by atoms with Crippen LogP contribution in [-0.2, 0) is 0 Å². The number of thioether (sulfide) groups is 1. The lowest BCUT2D eigenvalue weighted by Gasteiger charge is -2.31. The Labute approximate surface area is 94.5 Å². The fourth-order valence-corrected chi connectivity index (χ4v) is 2.81. The van der Waals surface area contributed by atoms with E-state index in [1.807, 2.05) is 13.8 Å². The van der Waals surface area contributed by atoms with Gasteiger partial charge in [0.25, 0.3) is 0 Å². The minimum absolute atomic E-state index is 0.261. The van der Waals surface area contributed by atoms with E-state index >= 15 is 0 Å². The molecular weight excluding hydrogens is 211 g/mol. The second kappa shape index (κ2) is 4.84. The lowest BCUT2D eigenvalue weighted by molar-refractivity contribution is 0.493. The second-order valence-electron chi connectivity index (χ2n) is 3.71. The molecule has 1 aliphatic rings. The number of hydrogen-bond acceptors (Lipinski definition) is 3. The Morgan fingerprint density at radius 2 is 2.47 bits per heavy atom. The van der Waals surface area contributed by atoms with Crippen LogP contribution >= 0.6 is 11.8 Å². The summed E-state index contributed by atoms with van der Waals surface area (Å²) in [5, 5.41) is 0.548. The smallest absolute Gasteiger partial charge is 0.154 e. The quantitative estimate of drug-likeness (QED) is 0.754. The Hall–Kier alpha value is -0.770. The van der Waals surface area contributed by atoms with Gasteiger partial charge in [0.15, 0.2) is 5.17 Å². The predicted molar refractivity (Wildman–Crippen MR) is 65.7 cm³/mol. The van der Waals surface area contributed by atoms with Crippen molar-refractivity contribution >= 4 is 16.9 Å². The Bertz CT molecular complexity index is 323.